The summed E-state index contributed by atoms with van der Waals surface area (Å²) in [6.07, 6.45) is 0.572. The van der Waals surface area contributed by atoms with Gasteiger partial charge in [0, 0.05) is 24.2 Å². The lowest BCUT2D eigenvalue weighted by Crippen LogP contribution is -2.45. The highest BCUT2D eigenvalue weighted by Crippen LogP contribution is 2.35. The topological polar surface area (TPSA) is 76.5 Å². The summed E-state index contributed by atoms with van der Waals surface area (Å²) in [6.45, 7) is 4.80. The van der Waals surface area contributed by atoms with E-state index in [4.69, 9.17) is 17.0 Å². The molecule has 1 heterocycles. The van der Waals surface area contributed by atoms with Crippen molar-refractivity contribution in [1.82, 2.24) is 15.1 Å². The van der Waals surface area contributed by atoms with E-state index in [9.17, 15) is 9.59 Å². The van der Waals surface area contributed by atoms with Gasteiger partial charge in [-0.3, -0.25) is 19.9 Å². The smallest absolute Gasteiger partial charge is 0.260 e. The quantitative estimate of drug-likeness (QED) is 0.431. The van der Waals surface area contributed by atoms with Crippen molar-refractivity contribution in [2.45, 2.75) is 38.9 Å². The molecule has 4 rings (SSSR count). The largest absolute Gasteiger partial charge is 0.338 e. The molecule has 0 aromatic heterocycles. The van der Waals surface area contributed by atoms with Gasteiger partial charge in [-0.05, 0) is 53.3 Å². The molecule has 186 valence electrons. The molecule has 0 saturated carbocycles. The maximum absolute atomic E-state index is 13.8. The van der Waals surface area contributed by atoms with Gasteiger partial charge in [-0.25, -0.2) is 0 Å². The SMILES string of the molecule is CC(C)CC1(c2ccccc2)NC(=N)N(Cc2cccc(C(=O)N(C)Cc3ccc(Cl)cc3)c2)C1=O. The van der Waals surface area contributed by atoms with Gasteiger partial charge >= 0.3 is 0 Å². The summed E-state index contributed by atoms with van der Waals surface area (Å²) in [6, 6.07) is 24.3. The molecule has 0 bridgehead atoms. The minimum atomic E-state index is -0.973. The second-order valence-corrected chi connectivity index (χ2v) is 10.2. The van der Waals surface area contributed by atoms with Gasteiger partial charge in [0.2, 0.25) is 0 Å². The molecule has 0 spiro atoms. The Morgan fingerprint density at radius 3 is 2.39 bits per heavy atom. The normalized spacial score (nSPS) is 17.4. The fourth-order valence-corrected chi connectivity index (χ4v) is 4.86. The minimum Gasteiger partial charge on any atom is -0.338 e. The molecule has 2 amide bonds. The van der Waals surface area contributed by atoms with E-state index in [1.54, 1.807) is 36.2 Å². The van der Waals surface area contributed by atoms with Crippen molar-refractivity contribution in [3.63, 3.8) is 0 Å². The third kappa shape index (κ3) is 5.29. The first kappa shape index (κ1) is 25.5. The number of carbonyl (C=O) groups excluding carboxylic acids is 2. The number of nitrogens with zero attached hydrogens (tertiary/aromatic N) is 2. The van der Waals surface area contributed by atoms with E-state index in [1.165, 1.54) is 4.90 Å². The third-order valence-corrected chi connectivity index (χ3v) is 6.64. The van der Waals surface area contributed by atoms with Crippen molar-refractivity contribution in [1.29, 1.82) is 5.41 Å². The zero-order valence-corrected chi connectivity index (χ0v) is 21.5. The maximum atomic E-state index is 13.8. The molecule has 1 fully saturated rings. The van der Waals surface area contributed by atoms with E-state index in [1.807, 2.05) is 54.6 Å². The number of nitrogens with one attached hydrogen (secondary N) is 2. The van der Waals surface area contributed by atoms with Crippen molar-refractivity contribution in [2.75, 3.05) is 7.05 Å². The van der Waals surface area contributed by atoms with Crippen molar-refractivity contribution < 1.29 is 9.59 Å². The van der Waals surface area contributed by atoms with E-state index in [0.29, 0.717) is 23.6 Å². The fourth-order valence-electron chi connectivity index (χ4n) is 4.73. The van der Waals surface area contributed by atoms with E-state index in [2.05, 4.69) is 19.2 Å². The van der Waals surface area contributed by atoms with Crippen molar-refractivity contribution >= 4 is 29.4 Å². The number of hydrogen-bond donors (Lipinski definition) is 2. The molecule has 1 saturated heterocycles. The Hall–Kier alpha value is -3.64. The van der Waals surface area contributed by atoms with Crippen LogP contribution in [0.25, 0.3) is 0 Å². The molecule has 1 unspecified atom stereocenters. The Morgan fingerprint density at radius 1 is 1.03 bits per heavy atom. The average molecular weight is 503 g/mol. The molecule has 6 nitrogen and oxygen atoms in total. The monoisotopic (exact) mass is 502 g/mol. The first-order valence-electron chi connectivity index (χ1n) is 12.0. The molecule has 7 heteroatoms. The zero-order chi connectivity index (χ0) is 25.9. The van der Waals surface area contributed by atoms with E-state index >= 15 is 0 Å². The molecule has 3 aromatic carbocycles. The fraction of sp³-hybridized carbons (Fsp3) is 0.276. The molecule has 3 aromatic rings. The van der Waals surface area contributed by atoms with Crippen LogP contribution in [-0.4, -0.2) is 34.6 Å². The Kier molecular flexibility index (Phi) is 7.45. The van der Waals surface area contributed by atoms with E-state index < -0.39 is 5.54 Å². The van der Waals surface area contributed by atoms with Crippen molar-refractivity contribution in [3.8, 4) is 0 Å². The van der Waals surface area contributed by atoms with Crippen LogP contribution in [-0.2, 0) is 23.4 Å². The molecule has 36 heavy (non-hydrogen) atoms. The number of rotatable bonds is 8. The molecular weight excluding hydrogens is 472 g/mol. The third-order valence-electron chi connectivity index (χ3n) is 6.39. The van der Waals surface area contributed by atoms with Gasteiger partial charge in [0.25, 0.3) is 11.8 Å². The first-order chi connectivity index (χ1) is 17.2. The summed E-state index contributed by atoms with van der Waals surface area (Å²) in [7, 11) is 1.76. The Labute approximate surface area is 217 Å². The predicted octanol–water partition coefficient (Wildman–Crippen LogP) is 5.42. The van der Waals surface area contributed by atoms with Crippen LogP contribution in [0.4, 0.5) is 0 Å². The second-order valence-electron chi connectivity index (χ2n) is 9.72. The molecule has 2 N–H and O–H groups in total. The molecule has 0 aliphatic carbocycles. The second kappa shape index (κ2) is 10.5. The predicted molar refractivity (Wildman–Crippen MR) is 143 cm³/mol. The summed E-state index contributed by atoms with van der Waals surface area (Å²) in [5, 5.41) is 12.4. The van der Waals surface area contributed by atoms with Gasteiger partial charge in [0.1, 0.15) is 5.54 Å². The zero-order valence-electron chi connectivity index (χ0n) is 20.8. The van der Waals surface area contributed by atoms with Gasteiger partial charge in [0.15, 0.2) is 5.96 Å². The summed E-state index contributed by atoms with van der Waals surface area (Å²) in [5.74, 6) is 0.0443. The van der Waals surface area contributed by atoms with Gasteiger partial charge in [-0.2, -0.15) is 0 Å². The van der Waals surface area contributed by atoms with Crippen molar-refractivity contribution in [3.05, 3.63) is 106 Å². The minimum absolute atomic E-state index is 0.0705. The van der Waals surface area contributed by atoms with Gasteiger partial charge in [-0.15, -0.1) is 0 Å². The van der Waals surface area contributed by atoms with Crippen LogP contribution in [0.3, 0.4) is 0 Å². The first-order valence-corrected chi connectivity index (χ1v) is 12.4. The highest BCUT2D eigenvalue weighted by atomic mass is 35.5. The molecule has 1 aliphatic rings. The average Bonchev–Trinajstić information content (AvgIpc) is 3.10. The molecule has 0 radical (unpaired) electrons. The summed E-state index contributed by atoms with van der Waals surface area (Å²) in [5.41, 5.74) is 2.18. The van der Waals surface area contributed by atoms with Gasteiger partial charge in [-0.1, -0.05) is 80.0 Å². The molecular formula is C29H31ClN4O2. The van der Waals surface area contributed by atoms with Crippen LogP contribution >= 0.6 is 11.6 Å². The Bertz CT molecular complexity index is 1260. The lowest BCUT2D eigenvalue weighted by Gasteiger charge is -2.29. The van der Waals surface area contributed by atoms with Crippen LogP contribution in [0.2, 0.25) is 5.02 Å². The van der Waals surface area contributed by atoms with Crippen LogP contribution in [0.5, 0.6) is 0 Å². The van der Waals surface area contributed by atoms with Crippen LogP contribution < -0.4 is 5.32 Å². The van der Waals surface area contributed by atoms with Gasteiger partial charge < -0.3 is 10.2 Å². The number of amides is 2. The van der Waals surface area contributed by atoms with E-state index in [-0.39, 0.29) is 30.2 Å². The van der Waals surface area contributed by atoms with Crippen molar-refractivity contribution in [2.24, 2.45) is 5.92 Å². The lowest BCUT2D eigenvalue weighted by molar-refractivity contribution is -0.132. The summed E-state index contributed by atoms with van der Waals surface area (Å²) >= 11 is 5.96. The number of hydrogen-bond acceptors (Lipinski definition) is 3. The lowest BCUT2D eigenvalue weighted by atomic mass is 9.82. The summed E-state index contributed by atoms with van der Waals surface area (Å²) < 4.78 is 0. The van der Waals surface area contributed by atoms with E-state index in [0.717, 1.165) is 16.7 Å². The number of benzene rings is 3. The maximum Gasteiger partial charge on any atom is 0.260 e. The number of carbonyl (C=O) groups is 2. The Morgan fingerprint density at radius 2 is 1.72 bits per heavy atom. The van der Waals surface area contributed by atoms with Crippen LogP contribution in [0, 0.1) is 11.3 Å². The number of guanidine groups is 1. The highest BCUT2D eigenvalue weighted by Gasteiger charge is 2.50. The van der Waals surface area contributed by atoms with Crippen LogP contribution in [0.1, 0.15) is 47.3 Å². The van der Waals surface area contributed by atoms with Gasteiger partial charge in [0.05, 0.1) is 6.54 Å². The standard InChI is InChI=1S/C29H31ClN4O2/c1-20(2)17-29(24-10-5-4-6-11-24)27(36)34(28(31)32-29)19-22-8-7-9-23(16-22)26(35)33(3)18-21-12-14-25(30)15-13-21/h4-16,20H,17-19H2,1-3H3,(H2,31,32). The molecule has 1 atom stereocenters. The van der Waals surface area contributed by atoms with Crippen LogP contribution in [0.15, 0.2) is 78.9 Å². The summed E-state index contributed by atoms with van der Waals surface area (Å²) in [4.78, 5) is 30.0. The Balaban J connectivity index is 1.53. The molecule has 1 aliphatic heterocycles. The highest BCUT2D eigenvalue weighted by molar-refractivity contribution is 6.30. The number of halogens is 1.